The molecule has 0 amide bonds. The maximum atomic E-state index is 13.0. The lowest BCUT2D eigenvalue weighted by Gasteiger charge is -2.15. The molecule has 0 bridgehead atoms. The van der Waals surface area contributed by atoms with Gasteiger partial charge in [-0.3, -0.25) is 14.5 Å². The number of aliphatic imine (C=N–C) groups is 1. The molecular weight excluding hydrogens is 514 g/mol. The van der Waals surface area contributed by atoms with E-state index in [-0.39, 0.29) is 17.3 Å². The lowest BCUT2D eigenvalue weighted by molar-refractivity contribution is 0.0734. The van der Waals surface area contributed by atoms with Crippen LogP contribution < -0.4 is 21.9 Å². The maximum absolute atomic E-state index is 13.0. The Bertz CT molecular complexity index is 1630. The summed E-state index contributed by atoms with van der Waals surface area (Å²) in [5.74, 6) is -4.00. The monoisotopic (exact) mass is 535 g/mol. The molecule has 190 valence electrons. The zero-order chi connectivity index (χ0) is 26.8. The predicted octanol–water partition coefficient (Wildman–Crippen LogP) is 1.02. The van der Waals surface area contributed by atoms with Gasteiger partial charge in [0.25, 0.3) is 20.2 Å². The fourth-order valence-corrected chi connectivity index (χ4v) is 4.80. The largest absolute Gasteiger partial charge is 0.423 e. The number of hydrogen-bond acceptors (Lipinski definition) is 8. The summed E-state index contributed by atoms with van der Waals surface area (Å²) < 4.78 is 70.8. The SMILES string of the molecule is N=C(N)c1ccc2cc(OC(=O)c3ccc(N=C(N)N)c(CS(=O)(=O)O)c3CS(=O)(=O)O)ccc2c1. The summed E-state index contributed by atoms with van der Waals surface area (Å²) >= 11 is 0. The molecule has 0 heterocycles. The van der Waals surface area contributed by atoms with Gasteiger partial charge in [-0.15, -0.1) is 0 Å². The third-order valence-corrected chi connectivity index (χ3v) is 6.17. The van der Waals surface area contributed by atoms with Crippen molar-refractivity contribution in [2.75, 3.05) is 0 Å². The fraction of sp³-hybridized carbons (Fsp3) is 0.0952. The Labute approximate surface area is 205 Å². The molecule has 0 aliphatic rings. The Morgan fingerprint density at radius 3 is 2.03 bits per heavy atom. The molecule has 0 atom stereocenters. The number of fused-ring (bicyclic) bond motifs is 1. The van der Waals surface area contributed by atoms with Crippen molar-refractivity contribution in [2.45, 2.75) is 11.5 Å². The first-order valence-corrected chi connectivity index (χ1v) is 13.1. The highest BCUT2D eigenvalue weighted by Gasteiger charge is 2.26. The summed E-state index contributed by atoms with van der Waals surface area (Å²) in [7, 11) is -9.54. The van der Waals surface area contributed by atoms with Gasteiger partial charge < -0.3 is 21.9 Å². The molecule has 0 aliphatic heterocycles. The number of guanidine groups is 1. The van der Waals surface area contributed by atoms with Gasteiger partial charge in [0.2, 0.25) is 0 Å². The summed E-state index contributed by atoms with van der Waals surface area (Å²) in [6.45, 7) is 0. The summed E-state index contributed by atoms with van der Waals surface area (Å²) in [5.41, 5.74) is 15.1. The van der Waals surface area contributed by atoms with Crippen molar-refractivity contribution in [3.8, 4) is 5.75 Å². The van der Waals surface area contributed by atoms with Gasteiger partial charge in [0.05, 0.1) is 11.3 Å². The molecule has 3 aromatic rings. The highest BCUT2D eigenvalue weighted by molar-refractivity contribution is 7.85. The van der Waals surface area contributed by atoms with Crippen LogP contribution in [0.2, 0.25) is 0 Å². The van der Waals surface area contributed by atoms with Gasteiger partial charge in [-0.1, -0.05) is 18.2 Å². The molecule has 0 fully saturated rings. The van der Waals surface area contributed by atoms with Crippen molar-refractivity contribution in [3.63, 3.8) is 0 Å². The molecule has 3 rings (SSSR count). The van der Waals surface area contributed by atoms with E-state index in [1.54, 1.807) is 24.3 Å². The molecule has 15 heteroatoms. The zero-order valence-corrected chi connectivity index (χ0v) is 20.0. The first-order chi connectivity index (χ1) is 16.6. The van der Waals surface area contributed by atoms with Crippen LogP contribution in [0.15, 0.2) is 53.5 Å². The van der Waals surface area contributed by atoms with Crippen LogP contribution in [0.5, 0.6) is 5.75 Å². The van der Waals surface area contributed by atoms with E-state index in [1.807, 2.05) is 0 Å². The molecule has 0 aromatic heterocycles. The second-order valence-electron chi connectivity index (χ2n) is 7.61. The molecule has 0 saturated heterocycles. The Kier molecular flexibility index (Phi) is 7.30. The maximum Gasteiger partial charge on any atom is 0.343 e. The number of nitrogens with two attached hydrogens (primary N) is 3. The number of carbonyl (C=O) groups excluding carboxylic acids is 1. The number of hydrogen-bond donors (Lipinski definition) is 6. The molecule has 3 aromatic carbocycles. The number of ether oxygens (including phenoxy) is 1. The van der Waals surface area contributed by atoms with Gasteiger partial charge in [-0.2, -0.15) is 16.8 Å². The van der Waals surface area contributed by atoms with E-state index in [4.69, 9.17) is 27.3 Å². The van der Waals surface area contributed by atoms with E-state index in [0.29, 0.717) is 16.3 Å². The number of nitrogens with one attached hydrogen (secondary N) is 1. The van der Waals surface area contributed by atoms with Crippen LogP contribution in [0.3, 0.4) is 0 Å². The molecule has 36 heavy (non-hydrogen) atoms. The van der Waals surface area contributed by atoms with E-state index in [0.717, 1.165) is 12.1 Å². The van der Waals surface area contributed by atoms with Crippen molar-refractivity contribution in [3.05, 3.63) is 70.8 Å². The molecule has 0 saturated carbocycles. The molecule has 13 nitrogen and oxygen atoms in total. The first kappa shape index (κ1) is 26.6. The highest BCUT2D eigenvalue weighted by atomic mass is 32.2. The zero-order valence-electron chi connectivity index (χ0n) is 18.4. The van der Waals surface area contributed by atoms with Crippen LogP contribution in [-0.2, 0) is 31.7 Å². The molecular formula is C21H21N5O8S2. The Balaban J connectivity index is 2.11. The number of carbonyl (C=O) groups is 1. The number of benzene rings is 3. The highest BCUT2D eigenvalue weighted by Crippen LogP contribution is 2.31. The second-order valence-corrected chi connectivity index (χ2v) is 10.5. The van der Waals surface area contributed by atoms with E-state index >= 15 is 0 Å². The number of nitrogen functional groups attached to an aromatic ring is 1. The lowest BCUT2D eigenvalue weighted by Crippen LogP contribution is -2.22. The average molecular weight is 536 g/mol. The molecule has 0 aliphatic carbocycles. The van der Waals surface area contributed by atoms with Gasteiger partial charge >= 0.3 is 5.97 Å². The lowest BCUT2D eigenvalue weighted by atomic mass is 10.0. The van der Waals surface area contributed by atoms with Crippen molar-refractivity contribution < 1.29 is 35.5 Å². The van der Waals surface area contributed by atoms with Crippen LogP contribution in [0, 0.1) is 5.41 Å². The van der Waals surface area contributed by atoms with E-state index < -0.39 is 60.4 Å². The molecule has 0 radical (unpaired) electrons. The molecule has 9 N–H and O–H groups in total. The normalized spacial score (nSPS) is 11.7. The van der Waals surface area contributed by atoms with Crippen molar-refractivity contribution in [2.24, 2.45) is 22.2 Å². The number of amidine groups is 1. The molecule has 0 unspecified atom stereocenters. The first-order valence-electron chi connectivity index (χ1n) is 9.88. The number of esters is 1. The van der Waals surface area contributed by atoms with Gasteiger partial charge in [0.1, 0.15) is 23.1 Å². The third kappa shape index (κ3) is 6.76. The third-order valence-electron chi connectivity index (χ3n) is 4.86. The number of rotatable bonds is 8. The fourth-order valence-electron chi connectivity index (χ4n) is 3.42. The van der Waals surface area contributed by atoms with Crippen molar-refractivity contribution >= 4 is 54.5 Å². The molecule has 0 spiro atoms. The van der Waals surface area contributed by atoms with Gasteiger partial charge in [0, 0.05) is 11.1 Å². The Hall–Kier alpha value is -4.05. The average Bonchev–Trinajstić information content (AvgIpc) is 2.73. The topological polar surface area (TPSA) is 249 Å². The smallest absolute Gasteiger partial charge is 0.343 e. The summed E-state index contributed by atoms with van der Waals surface area (Å²) in [6.07, 6.45) is 0. The van der Waals surface area contributed by atoms with Crippen LogP contribution in [0.25, 0.3) is 10.8 Å². The Morgan fingerprint density at radius 1 is 0.861 bits per heavy atom. The summed E-state index contributed by atoms with van der Waals surface area (Å²) in [6, 6.07) is 11.7. The van der Waals surface area contributed by atoms with E-state index in [1.165, 1.54) is 12.1 Å². The van der Waals surface area contributed by atoms with Crippen molar-refractivity contribution in [1.82, 2.24) is 0 Å². The minimum Gasteiger partial charge on any atom is -0.423 e. The number of nitrogens with zero attached hydrogens (tertiary/aromatic N) is 1. The predicted molar refractivity (Wildman–Crippen MR) is 132 cm³/mol. The van der Waals surface area contributed by atoms with Crippen LogP contribution in [0.4, 0.5) is 5.69 Å². The minimum atomic E-state index is -4.79. The van der Waals surface area contributed by atoms with Crippen LogP contribution in [0.1, 0.15) is 27.0 Å². The van der Waals surface area contributed by atoms with Gasteiger partial charge in [0.15, 0.2) is 5.96 Å². The van der Waals surface area contributed by atoms with Crippen LogP contribution >= 0.6 is 0 Å². The van der Waals surface area contributed by atoms with Gasteiger partial charge in [-0.25, -0.2) is 9.79 Å². The van der Waals surface area contributed by atoms with Crippen LogP contribution in [-0.4, -0.2) is 43.7 Å². The van der Waals surface area contributed by atoms with E-state index in [9.17, 15) is 30.7 Å². The Morgan fingerprint density at radius 2 is 1.44 bits per heavy atom. The summed E-state index contributed by atoms with van der Waals surface area (Å²) in [4.78, 5) is 16.7. The quantitative estimate of drug-likeness (QED) is 0.0780. The van der Waals surface area contributed by atoms with Crippen molar-refractivity contribution in [1.29, 1.82) is 5.41 Å². The second kappa shape index (κ2) is 9.90. The standard InChI is InChI=1S/C21H21N5O8S2/c22-19(23)13-2-1-12-8-14(4-3-11(12)7-13)34-20(27)15-5-6-18(26-21(24)25)17(10-36(31,32)33)16(15)9-35(28,29)30/h1-8H,9-10H2,(H3,22,23)(H4,24,25,26)(H,28,29,30)(H,31,32,33). The minimum absolute atomic E-state index is 0.0607. The van der Waals surface area contributed by atoms with Gasteiger partial charge in [-0.05, 0) is 46.7 Å². The summed E-state index contributed by atoms with van der Waals surface area (Å²) in [5, 5.41) is 8.86. The van der Waals surface area contributed by atoms with E-state index in [2.05, 4.69) is 4.99 Å².